The summed E-state index contributed by atoms with van der Waals surface area (Å²) in [5, 5.41) is -0.189. The number of hydrogen-bond donors (Lipinski definition) is 0. The van der Waals surface area contributed by atoms with Crippen molar-refractivity contribution in [2.45, 2.75) is 109 Å². The lowest BCUT2D eigenvalue weighted by atomic mass is 9.69. The van der Waals surface area contributed by atoms with Crippen LogP contribution in [-0.4, -0.2) is 72.0 Å². The van der Waals surface area contributed by atoms with Gasteiger partial charge in [0, 0.05) is 25.3 Å². The van der Waals surface area contributed by atoms with E-state index in [1.807, 2.05) is 30.6 Å². The molecule has 0 aromatic heterocycles. The van der Waals surface area contributed by atoms with Crippen molar-refractivity contribution in [1.29, 1.82) is 0 Å². The zero-order valence-electron chi connectivity index (χ0n) is 19.7. The molecule has 0 spiro atoms. The molecule has 31 heavy (non-hydrogen) atoms. The number of fused-ring (bicyclic) bond motifs is 1. The third-order valence-electron chi connectivity index (χ3n) is 7.75. The maximum atomic E-state index is 12.9. The monoisotopic (exact) mass is 456 g/mol. The summed E-state index contributed by atoms with van der Waals surface area (Å²) in [7, 11) is -2.96. The topological polar surface area (TPSA) is 84.0 Å². The SMILES string of the molecule is CCS(=O)(=O)C1CCC(C2CCC3C(C2)N(C(=O)OC(C)C)C[C@H](C)N3C(C)=O)CC1. The highest BCUT2D eigenvalue weighted by molar-refractivity contribution is 7.92. The number of hydrogen-bond acceptors (Lipinski definition) is 5. The lowest BCUT2D eigenvalue weighted by molar-refractivity contribution is -0.142. The van der Waals surface area contributed by atoms with Crippen LogP contribution in [0.5, 0.6) is 0 Å². The van der Waals surface area contributed by atoms with Gasteiger partial charge in [-0.2, -0.15) is 0 Å². The number of rotatable bonds is 4. The Labute approximate surface area is 187 Å². The minimum Gasteiger partial charge on any atom is -0.447 e. The molecule has 2 amide bonds. The molecule has 1 heterocycles. The van der Waals surface area contributed by atoms with Gasteiger partial charge in [-0.15, -0.1) is 0 Å². The van der Waals surface area contributed by atoms with Crippen LogP contribution < -0.4 is 0 Å². The summed E-state index contributed by atoms with van der Waals surface area (Å²) >= 11 is 0. The van der Waals surface area contributed by atoms with Crippen LogP contribution in [0.1, 0.15) is 79.6 Å². The quantitative estimate of drug-likeness (QED) is 0.645. The molecule has 7 nitrogen and oxygen atoms in total. The van der Waals surface area contributed by atoms with Crippen LogP contribution >= 0.6 is 0 Å². The highest BCUT2D eigenvalue weighted by Crippen LogP contribution is 2.43. The molecule has 3 rings (SSSR count). The third kappa shape index (κ3) is 5.20. The Morgan fingerprint density at radius 3 is 2.16 bits per heavy atom. The smallest absolute Gasteiger partial charge is 0.410 e. The van der Waals surface area contributed by atoms with Gasteiger partial charge in [-0.05, 0) is 77.6 Å². The summed E-state index contributed by atoms with van der Waals surface area (Å²) in [6.07, 6.45) is 5.70. The predicted molar refractivity (Wildman–Crippen MR) is 120 cm³/mol. The van der Waals surface area contributed by atoms with Gasteiger partial charge in [-0.3, -0.25) is 4.79 Å². The van der Waals surface area contributed by atoms with Crippen LogP contribution in [0.25, 0.3) is 0 Å². The third-order valence-corrected chi connectivity index (χ3v) is 10.0. The van der Waals surface area contributed by atoms with Gasteiger partial charge >= 0.3 is 6.09 Å². The van der Waals surface area contributed by atoms with Gasteiger partial charge in [0.2, 0.25) is 5.91 Å². The van der Waals surface area contributed by atoms with E-state index in [0.717, 1.165) is 44.9 Å². The molecular formula is C23H40N2O5S. The molecule has 4 atom stereocenters. The maximum absolute atomic E-state index is 12.9. The largest absolute Gasteiger partial charge is 0.447 e. The minimum absolute atomic E-state index is 0.0234. The van der Waals surface area contributed by atoms with Gasteiger partial charge in [0.1, 0.15) is 0 Å². The summed E-state index contributed by atoms with van der Waals surface area (Å²) < 4.78 is 30.1. The Bertz CT molecular complexity index is 760. The summed E-state index contributed by atoms with van der Waals surface area (Å²) in [6.45, 7) is 9.58. The first kappa shape index (κ1) is 24.3. The van der Waals surface area contributed by atoms with Crippen LogP contribution in [0.2, 0.25) is 0 Å². The van der Waals surface area contributed by atoms with E-state index in [1.165, 1.54) is 0 Å². The van der Waals surface area contributed by atoms with Gasteiger partial charge in [0.15, 0.2) is 9.84 Å². The van der Waals surface area contributed by atoms with Gasteiger partial charge in [0.25, 0.3) is 0 Å². The molecule has 2 aliphatic carbocycles. The van der Waals surface area contributed by atoms with E-state index < -0.39 is 9.84 Å². The van der Waals surface area contributed by atoms with Crippen molar-refractivity contribution in [1.82, 2.24) is 9.80 Å². The number of carbonyl (C=O) groups is 2. The molecular weight excluding hydrogens is 416 g/mol. The summed E-state index contributed by atoms with van der Waals surface area (Å²) in [5.41, 5.74) is 0. The van der Waals surface area contributed by atoms with E-state index >= 15 is 0 Å². The van der Waals surface area contributed by atoms with E-state index in [0.29, 0.717) is 18.4 Å². The van der Waals surface area contributed by atoms with Gasteiger partial charge in [0.05, 0.1) is 23.4 Å². The zero-order valence-corrected chi connectivity index (χ0v) is 20.6. The maximum Gasteiger partial charge on any atom is 0.410 e. The number of ether oxygens (including phenoxy) is 1. The molecule has 0 aromatic rings. The second-order valence-corrected chi connectivity index (χ2v) is 12.6. The fraction of sp³-hybridized carbons (Fsp3) is 0.913. The Morgan fingerprint density at radius 2 is 1.61 bits per heavy atom. The molecule has 0 radical (unpaired) electrons. The number of carbonyl (C=O) groups excluding carboxylic acids is 2. The molecule has 0 N–H and O–H groups in total. The molecule has 178 valence electrons. The van der Waals surface area contributed by atoms with Crippen LogP contribution in [-0.2, 0) is 19.4 Å². The van der Waals surface area contributed by atoms with E-state index in [2.05, 4.69) is 0 Å². The fourth-order valence-corrected chi connectivity index (χ4v) is 7.72. The first-order valence-corrected chi connectivity index (χ1v) is 13.7. The van der Waals surface area contributed by atoms with Crippen molar-refractivity contribution in [2.75, 3.05) is 12.3 Å². The number of amides is 2. The number of sulfone groups is 1. The lowest BCUT2D eigenvalue weighted by Crippen LogP contribution is -2.67. The second-order valence-electron chi connectivity index (χ2n) is 10.1. The van der Waals surface area contributed by atoms with E-state index in [1.54, 1.807) is 13.8 Å². The molecule has 1 saturated heterocycles. The molecule has 1 aliphatic heterocycles. The van der Waals surface area contributed by atoms with Gasteiger partial charge in [-0.25, -0.2) is 13.2 Å². The van der Waals surface area contributed by atoms with Gasteiger partial charge in [-0.1, -0.05) is 6.92 Å². The van der Waals surface area contributed by atoms with Gasteiger partial charge < -0.3 is 14.5 Å². The van der Waals surface area contributed by atoms with E-state index in [9.17, 15) is 18.0 Å². The van der Waals surface area contributed by atoms with Crippen molar-refractivity contribution in [2.24, 2.45) is 11.8 Å². The molecule has 8 heteroatoms. The molecule has 0 bridgehead atoms. The normalized spacial score (nSPS) is 34.4. The number of piperazine rings is 1. The number of nitrogens with zero attached hydrogens (tertiary/aromatic N) is 2. The summed E-state index contributed by atoms with van der Waals surface area (Å²) in [5.74, 6) is 1.25. The molecule has 0 aromatic carbocycles. The fourth-order valence-electron chi connectivity index (χ4n) is 6.26. The van der Waals surface area contributed by atoms with Crippen LogP contribution in [0.4, 0.5) is 4.79 Å². The zero-order chi connectivity index (χ0) is 22.9. The summed E-state index contributed by atoms with van der Waals surface area (Å²) in [6, 6.07) is -0.0130. The molecule has 3 aliphatic rings. The van der Waals surface area contributed by atoms with Crippen molar-refractivity contribution in [3.05, 3.63) is 0 Å². The summed E-state index contributed by atoms with van der Waals surface area (Å²) in [4.78, 5) is 29.1. The van der Waals surface area contributed by atoms with Crippen molar-refractivity contribution >= 4 is 21.8 Å². The lowest BCUT2D eigenvalue weighted by Gasteiger charge is -2.54. The van der Waals surface area contributed by atoms with E-state index in [4.69, 9.17) is 4.74 Å². The minimum atomic E-state index is -2.96. The Hall–Kier alpha value is -1.31. The van der Waals surface area contributed by atoms with Crippen molar-refractivity contribution in [3.63, 3.8) is 0 Å². The average Bonchev–Trinajstić information content (AvgIpc) is 2.72. The first-order chi connectivity index (χ1) is 14.5. The van der Waals surface area contributed by atoms with Crippen molar-refractivity contribution < 1.29 is 22.7 Å². The van der Waals surface area contributed by atoms with E-state index in [-0.39, 0.29) is 47.2 Å². The Balaban J connectivity index is 1.73. The highest BCUT2D eigenvalue weighted by Gasteiger charge is 2.48. The Kier molecular flexibility index (Phi) is 7.59. The average molecular weight is 457 g/mol. The molecule has 3 fully saturated rings. The molecule has 2 saturated carbocycles. The first-order valence-electron chi connectivity index (χ1n) is 12.0. The van der Waals surface area contributed by atoms with Crippen LogP contribution in [0, 0.1) is 11.8 Å². The second kappa shape index (κ2) is 9.67. The molecule has 3 unspecified atom stereocenters. The van der Waals surface area contributed by atoms with Crippen LogP contribution in [0.15, 0.2) is 0 Å². The Morgan fingerprint density at radius 1 is 1.00 bits per heavy atom. The standard InChI is InChI=1S/C23H40N2O5S/c1-6-31(28,29)20-10-7-18(8-11-20)19-9-12-21-22(13-19)24(23(27)30-15(2)3)14-16(4)25(21)17(5)26/h15-16,18-22H,6-14H2,1-5H3/t16-,18?,19?,20?,21?,22?/m0/s1. The predicted octanol–water partition coefficient (Wildman–Crippen LogP) is 3.61. The van der Waals surface area contributed by atoms with Crippen LogP contribution in [0.3, 0.4) is 0 Å². The highest BCUT2D eigenvalue weighted by atomic mass is 32.2. The van der Waals surface area contributed by atoms with Crippen molar-refractivity contribution in [3.8, 4) is 0 Å².